The average molecular weight is 192 g/mol. The summed E-state index contributed by atoms with van der Waals surface area (Å²) in [5.41, 5.74) is -0.888. The van der Waals surface area contributed by atoms with Crippen molar-refractivity contribution in [2.75, 3.05) is 0 Å². The van der Waals surface area contributed by atoms with Gasteiger partial charge in [-0.3, -0.25) is 0 Å². The molecule has 0 saturated heterocycles. The highest BCUT2D eigenvalue weighted by atomic mass is 19.3. The number of hydrogen-bond donors (Lipinski definition) is 0. The molecule has 0 radical (unpaired) electrons. The van der Waals surface area contributed by atoms with Crippen LogP contribution in [0.15, 0.2) is 12.1 Å². The van der Waals surface area contributed by atoms with Gasteiger partial charge in [-0.1, -0.05) is 0 Å². The van der Waals surface area contributed by atoms with E-state index >= 15 is 0 Å². The van der Waals surface area contributed by atoms with Crippen molar-refractivity contribution in [3.63, 3.8) is 0 Å². The Balaban J connectivity index is 3.29. The second-order valence-electron chi connectivity index (χ2n) is 2.95. The summed E-state index contributed by atoms with van der Waals surface area (Å²) in [4.78, 5) is 0. The van der Waals surface area contributed by atoms with Crippen LogP contribution in [0.4, 0.5) is 17.6 Å². The largest absolute Gasteiger partial charge is 0.270 e. The minimum absolute atomic E-state index is 0.243. The van der Waals surface area contributed by atoms with Crippen molar-refractivity contribution in [3.8, 4) is 0 Å². The molecule has 0 N–H and O–H groups in total. The van der Waals surface area contributed by atoms with Crippen molar-refractivity contribution >= 4 is 0 Å². The molecule has 0 fully saturated rings. The average Bonchev–Trinajstić information content (AvgIpc) is 1.97. The molecule has 0 amide bonds. The highest BCUT2D eigenvalue weighted by molar-refractivity contribution is 5.27. The standard InChI is InChI=1S/C9H8F4/c1-5-7(10)3-6(4-8(5)11)9(2,12)13/h3-4H,1-2H3. The molecule has 0 aliphatic rings. The number of hydrogen-bond acceptors (Lipinski definition) is 0. The fourth-order valence-electron chi connectivity index (χ4n) is 0.899. The van der Waals surface area contributed by atoms with E-state index in [-0.39, 0.29) is 5.56 Å². The molecule has 72 valence electrons. The first-order valence-corrected chi connectivity index (χ1v) is 3.66. The summed E-state index contributed by atoms with van der Waals surface area (Å²) >= 11 is 0. The fourth-order valence-corrected chi connectivity index (χ4v) is 0.899. The van der Waals surface area contributed by atoms with Crippen LogP contribution >= 0.6 is 0 Å². The highest BCUT2D eigenvalue weighted by Crippen LogP contribution is 2.29. The van der Waals surface area contributed by atoms with Crippen LogP contribution in [-0.4, -0.2) is 0 Å². The summed E-state index contributed by atoms with van der Waals surface area (Å²) < 4.78 is 50.8. The summed E-state index contributed by atoms with van der Waals surface area (Å²) in [7, 11) is 0. The summed E-state index contributed by atoms with van der Waals surface area (Å²) in [6.45, 7) is 1.79. The summed E-state index contributed by atoms with van der Waals surface area (Å²) in [6, 6.07) is 1.30. The van der Waals surface area contributed by atoms with Crippen LogP contribution in [0.1, 0.15) is 18.1 Å². The summed E-state index contributed by atoms with van der Waals surface area (Å²) in [5.74, 6) is -5.11. The molecule has 13 heavy (non-hydrogen) atoms. The maximum atomic E-state index is 12.8. The number of halogens is 4. The van der Waals surface area contributed by atoms with Gasteiger partial charge in [0.25, 0.3) is 5.92 Å². The Kier molecular flexibility index (Phi) is 2.32. The van der Waals surface area contributed by atoms with E-state index in [1.807, 2.05) is 0 Å². The van der Waals surface area contributed by atoms with Crippen molar-refractivity contribution in [2.24, 2.45) is 0 Å². The van der Waals surface area contributed by atoms with Crippen LogP contribution in [0.5, 0.6) is 0 Å². The third-order valence-corrected chi connectivity index (χ3v) is 1.79. The van der Waals surface area contributed by atoms with E-state index in [0.717, 1.165) is 0 Å². The Hall–Kier alpha value is -1.06. The Morgan fingerprint density at radius 3 is 1.77 bits per heavy atom. The molecule has 4 heteroatoms. The van der Waals surface area contributed by atoms with Gasteiger partial charge >= 0.3 is 0 Å². The normalized spacial score (nSPS) is 11.8. The molecule has 0 atom stereocenters. The minimum Gasteiger partial charge on any atom is -0.207 e. The molecule has 0 nitrogen and oxygen atoms in total. The van der Waals surface area contributed by atoms with Gasteiger partial charge in [-0.2, -0.15) is 0 Å². The molecule has 0 unspecified atom stereocenters. The molecule has 0 aromatic heterocycles. The van der Waals surface area contributed by atoms with E-state index in [2.05, 4.69) is 0 Å². The topological polar surface area (TPSA) is 0 Å². The molecular weight excluding hydrogens is 184 g/mol. The fraction of sp³-hybridized carbons (Fsp3) is 0.333. The Bertz CT molecular complexity index is 302. The predicted molar refractivity (Wildman–Crippen MR) is 40.7 cm³/mol. The lowest BCUT2D eigenvalue weighted by Crippen LogP contribution is -2.08. The van der Waals surface area contributed by atoms with Gasteiger partial charge < -0.3 is 0 Å². The van der Waals surface area contributed by atoms with Crippen LogP contribution in [0.25, 0.3) is 0 Å². The van der Waals surface area contributed by atoms with Gasteiger partial charge in [0.2, 0.25) is 0 Å². The van der Waals surface area contributed by atoms with E-state index < -0.39 is 23.1 Å². The van der Waals surface area contributed by atoms with Crippen molar-refractivity contribution in [1.82, 2.24) is 0 Å². The maximum Gasteiger partial charge on any atom is 0.270 e. The lowest BCUT2D eigenvalue weighted by molar-refractivity contribution is 0.0168. The second-order valence-corrected chi connectivity index (χ2v) is 2.95. The smallest absolute Gasteiger partial charge is 0.207 e. The van der Waals surface area contributed by atoms with Gasteiger partial charge in [-0.15, -0.1) is 0 Å². The second kappa shape index (κ2) is 3.01. The molecule has 0 aliphatic carbocycles. The zero-order chi connectivity index (χ0) is 10.2. The van der Waals surface area contributed by atoms with Crippen molar-refractivity contribution < 1.29 is 17.6 Å². The van der Waals surface area contributed by atoms with E-state index in [9.17, 15) is 17.6 Å². The number of alkyl halides is 2. The third kappa shape index (κ3) is 1.99. The SMILES string of the molecule is Cc1c(F)cc(C(C)(F)F)cc1F. The summed E-state index contributed by atoms with van der Waals surface area (Å²) in [5, 5.41) is 0. The molecule has 1 aromatic rings. The van der Waals surface area contributed by atoms with Crippen LogP contribution in [0, 0.1) is 18.6 Å². The first-order valence-electron chi connectivity index (χ1n) is 3.66. The molecule has 0 spiro atoms. The molecular formula is C9H8F4. The Morgan fingerprint density at radius 2 is 1.46 bits per heavy atom. The van der Waals surface area contributed by atoms with Gasteiger partial charge in [-0.25, -0.2) is 17.6 Å². The van der Waals surface area contributed by atoms with Crippen molar-refractivity contribution in [1.29, 1.82) is 0 Å². The van der Waals surface area contributed by atoms with E-state index in [1.54, 1.807) is 0 Å². The minimum atomic E-state index is -3.21. The quantitative estimate of drug-likeness (QED) is 0.598. The zero-order valence-corrected chi connectivity index (χ0v) is 7.17. The zero-order valence-electron chi connectivity index (χ0n) is 7.17. The monoisotopic (exact) mass is 192 g/mol. The molecule has 0 bridgehead atoms. The van der Waals surface area contributed by atoms with Gasteiger partial charge in [0.1, 0.15) is 11.6 Å². The lowest BCUT2D eigenvalue weighted by atomic mass is 10.1. The first-order chi connectivity index (χ1) is 5.82. The number of benzene rings is 1. The molecule has 0 aliphatic heterocycles. The maximum absolute atomic E-state index is 12.8. The molecule has 0 saturated carbocycles. The Morgan fingerprint density at radius 1 is 1.08 bits per heavy atom. The van der Waals surface area contributed by atoms with Gasteiger partial charge in [0.05, 0.1) is 0 Å². The Labute approximate surface area is 73.2 Å². The van der Waals surface area contributed by atoms with Gasteiger partial charge in [0.15, 0.2) is 0 Å². The predicted octanol–water partition coefficient (Wildman–Crippen LogP) is 3.38. The van der Waals surface area contributed by atoms with E-state index in [0.29, 0.717) is 19.1 Å². The van der Waals surface area contributed by atoms with Crippen LogP contribution in [0.2, 0.25) is 0 Å². The third-order valence-electron chi connectivity index (χ3n) is 1.79. The highest BCUT2D eigenvalue weighted by Gasteiger charge is 2.26. The lowest BCUT2D eigenvalue weighted by Gasteiger charge is -2.11. The molecule has 1 aromatic carbocycles. The molecule has 1 rings (SSSR count). The van der Waals surface area contributed by atoms with Crippen molar-refractivity contribution in [2.45, 2.75) is 19.8 Å². The van der Waals surface area contributed by atoms with Crippen LogP contribution < -0.4 is 0 Å². The number of rotatable bonds is 1. The van der Waals surface area contributed by atoms with Crippen LogP contribution in [0.3, 0.4) is 0 Å². The van der Waals surface area contributed by atoms with Gasteiger partial charge in [-0.05, 0) is 19.1 Å². The summed E-state index contributed by atoms with van der Waals surface area (Å²) in [6.07, 6.45) is 0. The van der Waals surface area contributed by atoms with Crippen LogP contribution in [-0.2, 0) is 5.92 Å². The van der Waals surface area contributed by atoms with E-state index in [4.69, 9.17) is 0 Å². The van der Waals surface area contributed by atoms with Gasteiger partial charge in [0, 0.05) is 18.1 Å². The van der Waals surface area contributed by atoms with E-state index in [1.165, 1.54) is 6.92 Å². The first kappa shape index (κ1) is 10.0. The molecule has 0 heterocycles. The van der Waals surface area contributed by atoms with Crippen molar-refractivity contribution in [3.05, 3.63) is 34.9 Å².